The summed E-state index contributed by atoms with van der Waals surface area (Å²) in [6.07, 6.45) is 3.33. The summed E-state index contributed by atoms with van der Waals surface area (Å²) in [6, 6.07) is 10.2. The molecule has 2 atom stereocenters. The van der Waals surface area contributed by atoms with Gasteiger partial charge >= 0.3 is 0 Å². The van der Waals surface area contributed by atoms with E-state index in [2.05, 4.69) is 17.0 Å². The lowest BCUT2D eigenvalue weighted by Crippen LogP contribution is -2.49. The van der Waals surface area contributed by atoms with Gasteiger partial charge in [-0.15, -0.1) is 0 Å². The van der Waals surface area contributed by atoms with Gasteiger partial charge in [0.15, 0.2) is 0 Å². The van der Waals surface area contributed by atoms with Crippen LogP contribution in [0.15, 0.2) is 30.3 Å². The summed E-state index contributed by atoms with van der Waals surface area (Å²) >= 11 is 0. The van der Waals surface area contributed by atoms with E-state index in [1.54, 1.807) is 0 Å². The molecule has 0 aromatic heterocycles. The number of hydrogen-bond donors (Lipinski definition) is 1. The van der Waals surface area contributed by atoms with E-state index in [4.69, 9.17) is 5.73 Å². The van der Waals surface area contributed by atoms with Crippen LogP contribution >= 0.6 is 0 Å². The van der Waals surface area contributed by atoms with Gasteiger partial charge < -0.3 is 10.6 Å². The predicted octanol–water partition coefficient (Wildman–Crippen LogP) is 2.09. The van der Waals surface area contributed by atoms with Crippen LogP contribution in [-0.4, -0.2) is 48.4 Å². The minimum Gasteiger partial charge on any atom is -0.341 e. The van der Waals surface area contributed by atoms with Crippen LogP contribution in [0, 0.1) is 5.92 Å². The number of nitrogens with zero attached hydrogens (tertiary/aromatic N) is 2. The van der Waals surface area contributed by atoms with Crippen molar-refractivity contribution in [2.45, 2.75) is 38.8 Å². The lowest BCUT2D eigenvalue weighted by Gasteiger charge is -2.36. The molecule has 1 aromatic carbocycles. The topological polar surface area (TPSA) is 49.6 Å². The molecule has 4 heteroatoms. The number of carbonyl (C=O) groups is 1. The number of likely N-dealkylation sites (tertiary alicyclic amines) is 1. The molecule has 2 N–H and O–H groups in total. The molecule has 1 saturated heterocycles. The van der Waals surface area contributed by atoms with Gasteiger partial charge in [-0.25, -0.2) is 0 Å². The maximum Gasteiger partial charge on any atom is 0.239 e. The Hall–Kier alpha value is -1.39. The van der Waals surface area contributed by atoms with Crippen molar-refractivity contribution in [3.05, 3.63) is 35.9 Å². The van der Waals surface area contributed by atoms with Gasteiger partial charge in [0.05, 0.1) is 6.04 Å². The van der Waals surface area contributed by atoms with Crippen molar-refractivity contribution in [3.63, 3.8) is 0 Å². The highest BCUT2D eigenvalue weighted by molar-refractivity contribution is 5.81. The molecule has 2 rings (SSSR count). The summed E-state index contributed by atoms with van der Waals surface area (Å²) in [5, 5.41) is 0. The number of rotatable bonds is 6. The van der Waals surface area contributed by atoms with Crippen LogP contribution in [0.2, 0.25) is 0 Å². The van der Waals surface area contributed by atoms with E-state index in [0.29, 0.717) is 5.92 Å². The van der Waals surface area contributed by atoms with Crippen LogP contribution in [-0.2, 0) is 11.3 Å². The highest BCUT2D eigenvalue weighted by Gasteiger charge is 2.28. The van der Waals surface area contributed by atoms with E-state index in [0.717, 1.165) is 39.0 Å². The third-order valence-corrected chi connectivity index (χ3v) is 4.70. The molecule has 2 unspecified atom stereocenters. The zero-order valence-electron chi connectivity index (χ0n) is 13.9. The summed E-state index contributed by atoms with van der Waals surface area (Å²) < 4.78 is 0. The first kappa shape index (κ1) is 17.0. The molecule has 1 amide bonds. The van der Waals surface area contributed by atoms with Crippen LogP contribution in [0.1, 0.15) is 31.7 Å². The van der Waals surface area contributed by atoms with Crippen LogP contribution in [0.3, 0.4) is 0 Å². The Morgan fingerprint density at radius 2 is 2.14 bits per heavy atom. The molecule has 22 heavy (non-hydrogen) atoms. The number of likely N-dealkylation sites (N-methyl/N-ethyl adjacent to an activating group) is 1. The number of amides is 1. The second-order valence-electron chi connectivity index (χ2n) is 6.45. The van der Waals surface area contributed by atoms with E-state index in [1.165, 1.54) is 12.0 Å². The molecule has 1 aliphatic heterocycles. The summed E-state index contributed by atoms with van der Waals surface area (Å²) in [7, 11) is 2.02. The van der Waals surface area contributed by atoms with Gasteiger partial charge in [0.2, 0.25) is 5.91 Å². The first-order valence-corrected chi connectivity index (χ1v) is 8.35. The molecule has 0 bridgehead atoms. The van der Waals surface area contributed by atoms with Gasteiger partial charge in [0.1, 0.15) is 0 Å². The average Bonchev–Trinajstić information content (AvgIpc) is 2.55. The second-order valence-corrected chi connectivity index (χ2v) is 6.45. The Bertz CT molecular complexity index is 461. The summed E-state index contributed by atoms with van der Waals surface area (Å²) in [5.74, 6) is 0.828. The average molecular weight is 303 g/mol. The molecule has 1 aromatic rings. The first-order valence-electron chi connectivity index (χ1n) is 8.35. The summed E-state index contributed by atoms with van der Waals surface area (Å²) in [6.45, 7) is 5.30. The third kappa shape index (κ3) is 4.55. The zero-order valence-corrected chi connectivity index (χ0v) is 13.9. The van der Waals surface area contributed by atoms with Gasteiger partial charge in [0.25, 0.3) is 0 Å². The largest absolute Gasteiger partial charge is 0.341 e. The van der Waals surface area contributed by atoms with Gasteiger partial charge in [-0.3, -0.25) is 9.69 Å². The van der Waals surface area contributed by atoms with Crippen molar-refractivity contribution in [1.29, 1.82) is 0 Å². The standard InChI is InChI=1S/C18H29N3O/c1-15(20(2)13-16-7-4-3-5-8-16)18(22)21-12-6-9-17(14-21)10-11-19/h3-5,7-8,15,17H,6,9-14,19H2,1-2H3. The fourth-order valence-electron chi connectivity index (χ4n) is 3.20. The lowest BCUT2D eigenvalue weighted by molar-refractivity contribution is -0.138. The van der Waals surface area contributed by atoms with Crippen LogP contribution in [0.4, 0.5) is 0 Å². The minimum atomic E-state index is -0.0863. The SMILES string of the molecule is CC(C(=O)N1CCCC(CCN)C1)N(C)Cc1ccccc1. The smallest absolute Gasteiger partial charge is 0.239 e. The summed E-state index contributed by atoms with van der Waals surface area (Å²) in [4.78, 5) is 16.9. The Kier molecular flexibility index (Phi) is 6.40. The summed E-state index contributed by atoms with van der Waals surface area (Å²) in [5.41, 5.74) is 6.90. The van der Waals surface area contributed by atoms with Crippen molar-refractivity contribution in [1.82, 2.24) is 9.80 Å². The zero-order chi connectivity index (χ0) is 15.9. The Balaban J connectivity index is 1.90. The monoisotopic (exact) mass is 303 g/mol. The van der Waals surface area contributed by atoms with Crippen molar-refractivity contribution in [2.75, 3.05) is 26.7 Å². The number of benzene rings is 1. The predicted molar refractivity (Wildman–Crippen MR) is 90.3 cm³/mol. The fourth-order valence-corrected chi connectivity index (χ4v) is 3.20. The van der Waals surface area contributed by atoms with Gasteiger partial charge in [0, 0.05) is 19.6 Å². The van der Waals surface area contributed by atoms with Crippen LogP contribution < -0.4 is 5.73 Å². The van der Waals surface area contributed by atoms with Crippen molar-refractivity contribution < 1.29 is 4.79 Å². The van der Waals surface area contributed by atoms with Crippen LogP contribution in [0.25, 0.3) is 0 Å². The van der Waals surface area contributed by atoms with Gasteiger partial charge in [-0.2, -0.15) is 0 Å². The number of hydrogen-bond acceptors (Lipinski definition) is 3. The highest BCUT2D eigenvalue weighted by Crippen LogP contribution is 2.20. The first-order chi connectivity index (χ1) is 10.6. The minimum absolute atomic E-state index is 0.0863. The Morgan fingerprint density at radius 1 is 1.41 bits per heavy atom. The number of piperidine rings is 1. The van der Waals surface area contributed by atoms with E-state index >= 15 is 0 Å². The van der Waals surface area contributed by atoms with Gasteiger partial charge in [-0.1, -0.05) is 30.3 Å². The maximum absolute atomic E-state index is 12.7. The van der Waals surface area contributed by atoms with Gasteiger partial charge in [-0.05, 0) is 51.3 Å². The molecular formula is C18H29N3O. The molecule has 122 valence electrons. The normalized spacial score (nSPS) is 20.2. The third-order valence-electron chi connectivity index (χ3n) is 4.70. The molecule has 0 saturated carbocycles. The maximum atomic E-state index is 12.7. The highest BCUT2D eigenvalue weighted by atomic mass is 16.2. The van der Waals surface area contributed by atoms with E-state index in [1.807, 2.05) is 37.1 Å². The van der Waals surface area contributed by atoms with Crippen molar-refractivity contribution in [2.24, 2.45) is 11.7 Å². The molecule has 0 aliphatic carbocycles. The van der Waals surface area contributed by atoms with E-state index < -0.39 is 0 Å². The number of carbonyl (C=O) groups excluding carboxylic acids is 1. The molecule has 4 nitrogen and oxygen atoms in total. The van der Waals surface area contributed by atoms with E-state index in [9.17, 15) is 4.79 Å². The number of nitrogens with two attached hydrogens (primary N) is 1. The Morgan fingerprint density at radius 3 is 2.82 bits per heavy atom. The Labute approximate surface area is 134 Å². The second kappa shape index (κ2) is 8.30. The fraction of sp³-hybridized carbons (Fsp3) is 0.611. The molecule has 1 heterocycles. The molecule has 1 fully saturated rings. The lowest BCUT2D eigenvalue weighted by atomic mass is 9.94. The molecular weight excluding hydrogens is 274 g/mol. The molecule has 1 aliphatic rings. The van der Waals surface area contributed by atoms with Crippen LogP contribution in [0.5, 0.6) is 0 Å². The quantitative estimate of drug-likeness (QED) is 0.875. The molecule has 0 spiro atoms. The van der Waals surface area contributed by atoms with Crippen molar-refractivity contribution >= 4 is 5.91 Å². The molecule has 0 radical (unpaired) electrons. The van der Waals surface area contributed by atoms with E-state index in [-0.39, 0.29) is 11.9 Å². The van der Waals surface area contributed by atoms with Crippen molar-refractivity contribution in [3.8, 4) is 0 Å².